The molecule has 1 heterocycles. The van der Waals surface area contributed by atoms with E-state index in [1.165, 1.54) is 0 Å². The predicted molar refractivity (Wildman–Crippen MR) is 59.3 cm³/mol. The maximum atomic E-state index is 11.7. The van der Waals surface area contributed by atoms with Gasteiger partial charge >= 0.3 is 0 Å². The number of aliphatic hydroxyl groups excluding tert-OH is 1. The van der Waals surface area contributed by atoms with Crippen LogP contribution < -0.4 is 5.32 Å². The van der Waals surface area contributed by atoms with Crippen molar-refractivity contribution in [3.05, 3.63) is 0 Å². The Morgan fingerprint density at radius 3 is 2.87 bits per heavy atom. The van der Waals surface area contributed by atoms with Crippen LogP contribution in [-0.2, 0) is 4.79 Å². The van der Waals surface area contributed by atoms with Crippen LogP contribution in [0.3, 0.4) is 0 Å². The van der Waals surface area contributed by atoms with Gasteiger partial charge in [0.2, 0.25) is 5.91 Å². The molecule has 0 spiro atoms. The third kappa shape index (κ3) is 2.92. The first-order valence-electron chi connectivity index (χ1n) is 5.75. The average molecular weight is 214 g/mol. The predicted octanol–water partition coefficient (Wildman–Crippen LogP) is 0.561. The lowest BCUT2D eigenvalue weighted by Crippen LogP contribution is -2.54. The maximum Gasteiger partial charge on any atom is 0.222 e. The van der Waals surface area contributed by atoms with Crippen molar-refractivity contribution in [2.45, 2.75) is 45.4 Å². The first-order valence-corrected chi connectivity index (χ1v) is 5.75. The number of aliphatic hydroxyl groups is 1. The van der Waals surface area contributed by atoms with E-state index < -0.39 is 6.23 Å². The van der Waals surface area contributed by atoms with Crippen LogP contribution in [0.2, 0.25) is 0 Å². The molecule has 0 aromatic rings. The number of rotatable bonds is 3. The summed E-state index contributed by atoms with van der Waals surface area (Å²) < 4.78 is 0. The van der Waals surface area contributed by atoms with Crippen LogP contribution in [0.15, 0.2) is 0 Å². The van der Waals surface area contributed by atoms with Crippen molar-refractivity contribution in [1.82, 2.24) is 10.2 Å². The third-order valence-corrected chi connectivity index (χ3v) is 3.25. The number of nitrogens with one attached hydrogen (secondary N) is 1. The molecule has 1 aliphatic rings. The molecule has 0 aromatic heterocycles. The van der Waals surface area contributed by atoms with Crippen LogP contribution in [0.4, 0.5) is 0 Å². The van der Waals surface area contributed by atoms with E-state index in [4.69, 9.17) is 0 Å². The molecule has 4 nitrogen and oxygen atoms in total. The van der Waals surface area contributed by atoms with Crippen molar-refractivity contribution >= 4 is 5.91 Å². The monoisotopic (exact) mass is 214 g/mol. The Bertz CT molecular complexity index is 221. The van der Waals surface area contributed by atoms with Crippen molar-refractivity contribution < 1.29 is 9.90 Å². The Morgan fingerprint density at radius 2 is 2.27 bits per heavy atom. The standard InChI is InChI=1S/C11H22N2O2/c1-4-5-10(14)13(3)9-6-7-12-11(15)8(9)2/h8-9,11-12,15H,4-7H2,1-3H3. The van der Waals surface area contributed by atoms with Gasteiger partial charge in [0.1, 0.15) is 6.23 Å². The van der Waals surface area contributed by atoms with Gasteiger partial charge in [0, 0.05) is 25.4 Å². The zero-order valence-corrected chi connectivity index (χ0v) is 9.86. The highest BCUT2D eigenvalue weighted by atomic mass is 16.3. The number of hydrogen-bond acceptors (Lipinski definition) is 3. The molecule has 88 valence electrons. The van der Waals surface area contributed by atoms with Gasteiger partial charge < -0.3 is 10.0 Å². The summed E-state index contributed by atoms with van der Waals surface area (Å²) in [4.78, 5) is 13.5. The molecule has 1 rings (SSSR count). The minimum atomic E-state index is -0.486. The van der Waals surface area contributed by atoms with Crippen molar-refractivity contribution in [2.24, 2.45) is 5.92 Å². The summed E-state index contributed by atoms with van der Waals surface area (Å²) in [5.41, 5.74) is 0. The van der Waals surface area contributed by atoms with Gasteiger partial charge in [0.25, 0.3) is 0 Å². The van der Waals surface area contributed by atoms with E-state index in [1.807, 2.05) is 20.9 Å². The lowest BCUT2D eigenvalue weighted by Gasteiger charge is -2.39. The van der Waals surface area contributed by atoms with Crippen LogP contribution in [-0.4, -0.2) is 41.8 Å². The minimum absolute atomic E-state index is 0.101. The molecule has 1 fully saturated rings. The highest BCUT2D eigenvalue weighted by Crippen LogP contribution is 2.20. The molecule has 2 N–H and O–H groups in total. The molecule has 1 aliphatic heterocycles. The van der Waals surface area contributed by atoms with E-state index >= 15 is 0 Å². The van der Waals surface area contributed by atoms with E-state index in [0.29, 0.717) is 6.42 Å². The topological polar surface area (TPSA) is 52.6 Å². The lowest BCUT2D eigenvalue weighted by atomic mass is 9.92. The minimum Gasteiger partial charge on any atom is -0.378 e. The van der Waals surface area contributed by atoms with Crippen molar-refractivity contribution in [1.29, 1.82) is 0 Å². The molecule has 0 saturated carbocycles. The lowest BCUT2D eigenvalue weighted by molar-refractivity contribution is -0.135. The second kappa shape index (κ2) is 5.47. The number of nitrogens with zero attached hydrogens (tertiary/aromatic N) is 1. The van der Waals surface area contributed by atoms with Crippen molar-refractivity contribution in [2.75, 3.05) is 13.6 Å². The highest BCUT2D eigenvalue weighted by molar-refractivity contribution is 5.76. The van der Waals surface area contributed by atoms with Gasteiger partial charge in [-0.25, -0.2) is 0 Å². The first kappa shape index (κ1) is 12.5. The number of amides is 1. The maximum absolute atomic E-state index is 11.7. The fourth-order valence-electron chi connectivity index (χ4n) is 2.16. The molecule has 1 saturated heterocycles. The molecule has 1 amide bonds. The Kier molecular flexibility index (Phi) is 4.54. The highest BCUT2D eigenvalue weighted by Gasteiger charge is 2.32. The molecular formula is C11H22N2O2. The Balaban J connectivity index is 2.57. The molecule has 0 aliphatic carbocycles. The second-order valence-corrected chi connectivity index (χ2v) is 4.37. The summed E-state index contributed by atoms with van der Waals surface area (Å²) in [6, 6.07) is 0.167. The van der Waals surface area contributed by atoms with E-state index in [0.717, 1.165) is 19.4 Å². The van der Waals surface area contributed by atoms with Crippen LogP contribution in [0.25, 0.3) is 0 Å². The van der Waals surface area contributed by atoms with E-state index in [9.17, 15) is 9.90 Å². The molecular weight excluding hydrogens is 192 g/mol. The van der Waals surface area contributed by atoms with Crippen LogP contribution in [0.5, 0.6) is 0 Å². The summed E-state index contributed by atoms with van der Waals surface area (Å²) in [6.45, 7) is 4.77. The normalized spacial score (nSPS) is 31.3. The van der Waals surface area contributed by atoms with E-state index in [1.54, 1.807) is 4.90 Å². The largest absolute Gasteiger partial charge is 0.378 e. The molecule has 3 unspecified atom stereocenters. The Morgan fingerprint density at radius 1 is 1.60 bits per heavy atom. The quantitative estimate of drug-likeness (QED) is 0.722. The van der Waals surface area contributed by atoms with Gasteiger partial charge in [-0.1, -0.05) is 13.8 Å². The smallest absolute Gasteiger partial charge is 0.222 e. The molecule has 4 heteroatoms. The first-order chi connectivity index (χ1) is 7.07. The number of carbonyl (C=O) groups is 1. The number of carbonyl (C=O) groups excluding carboxylic acids is 1. The Labute approximate surface area is 91.6 Å². The Hall–Kier alpha value is -0.610. The van der Waals surface area contributed by atoms with Gasteiger partial charge in [-0.15, -0.1) is 0 Å². The van der Waals surface area contributed by atoms with Crippen LogP contribution in [0.1, 0.15) is 33.1 Å². The SMILES string of the molecule is CCCC(=O)N(C)C1CCNC(O)C1C. The molecule has 3 atom stereocenters. The molecule has 0 bridgehead atoms. The fraction of sp³-hybridized carbons (Fsp3) is 0.909. The summed E-state index contributed by atoms with van der Waals surface area (Å²) in [7, 11) is 1.84. The average Bonchev–Trinajstić information content (AvgIpc) is 2.21. The van der Waals surface area contributed by atoms with Crippen molar-refractivity contribution in [3.8, 4) is 0 Å². The van der Waals surface area contributed by atoms with Crippen LogP contribution >= 0.6 is 0 Å². The van der Waals surface area contributed by atoms with E-state index in [-0.39, 0.29) is 17.9 Å². The van der Waals surface area contributed by atoms with Crippen molar-refractivity contribution in [3.63, 3.8) is 0 Å². The zero-order valence-electron chi connectivity index (χ0n) is 9.86. The summed E-state index contributed by atoms with van der Waals surface area (Å²) in [5, 5.41) is 12.7. The zero-order chi connectivity index (χ0) is 11.4. The molecule has 0 aromatic carbocycles. The number of hydrogen-bond donors (Lipinski definition) is 2. The van der Waals surface area contributed by atoms with Gasteiger partial charge in [-0.05, 0) is 19.4 Å². The van der Waals surface area contributed by atoms with Gasteiger partial charge in [-0.3, -0.25) is 10.1 Å². The van der Waals surface area contributed by atoms with Gasteiger partial charge in [0.15, 0.2) is 0 Å². The second-order valence-electron chi connectivity index (χ2n) is 4.37. The molecule has 15 heavy (non-hydrogen) atoms. The van der Waals surface area contributed by atoms with Gasteiger partial charge in [0.05, 0.1) is 0 Å². The summed E-state index contributed by atoms with van der Waals surface area (Å²) in [5.74, 6) is 0.285. The third-order valence-electron chi connectivity index (χ3n) is 3.25. The molecule has 0 radical (unpaired) electrons. The fourth-order valence-corrected chi connectivity index (χ4v) is 2.16. The summed E-state index contributed by atoms with van der Waals surface area (Å²) >= 11 is 0. The number of piperidine rings is 1. The summed E-state index contributed by atoms with van der Waals surface area (Å²) in [6.07, 6.45) is 1.92. The van der Waals surface area contributed by atoms with Gasteiger partial charge in [-0.2, -0.15) is 0 Å². The van der Waals surface area contributed by atoms with E-state index in [2.05, 4.69) is 5.32 Å². The van der Waals surface area contributed by atoms with Crippen LogP contribution in [0, 0.1) is 5.92 Å².